The third-order valence-corrected chi connectivity index (χ3v) is 4.68. The van der Waals surface area contributed by atoms with Crippen LogP contribution in [0.3, 0.4) is 0 Å². The van der Waals surface area contributed by atoms with E-state index in [1.54, 1.807) is 21.1 Å². The van der Waals surface area contributed by atoms with Gasteiger partial charge in [0.25, 0.3) is 0 Å². The molecule has 0 aromatic heterocycles. The molecule has 0 amide bonds. The number of hydrogen-bond acceptors (Lipinski definition) is 4. The van der Waals surface area contributed by atoms with Gasteiger partial charge in [0.1, 0.15) is 5.22 Å². The topological polar surface area (TPSA) is 44.8 Å². The lowest BCUT2D eigenvalue weighted by Crippen LogP contribution is -2.49. The van der Waals surface area contributed by atoms with Gasteiger partial charge < -0.3 is 13.6 Å². The van der Waals surface area contributed by atoms with Crippen LogP contribution in [0.1, 0.15) is 27.2 Å². The molecule has 1 unspecified atom stereocenters. The molecule has 0 aliphatic rings. The van der Waals surface area contributed by atoms with Crippen LogP contribution >= 0.6 is 0 Å². The Hall–Kier alpha value is -0.653. The Morgan fingerprint density at radius 3 is 2.13 bits per heavy atom. The molecule has 0 aromatic rings. The number of carbonyl (C=O) groups excluding carboxylic acids is 1. The van der Waals surface area contributed by atoms with E-state index in [4.69, 9.17) is 13.6 Å². The van der Waals surface area contributed by atoms with Crippen molar-refractivity contribution in [2.24, 2.45) is 0 Å². The van der Waals surface area contributed by atoms with Crippen LogP contribution in [-0.2, 0) is 18.4 Å². The van der Waals surface area contributed by atoms with Gasteiger partial charge in [0, 0.05) is 19.8 Å². The summed E-state index contributed by atoms with van der Waals surface area (Å²) >= 11 is 0. The van der Waals surface area contributed by atoms with Gasteiger partial charge in [0.05, 0.1) is 0 Å². The summed E-state index contributed by atoms with van der Waals surface area (Å²) in [6.07, 6.45) is 0.657. The molecule has 0 aromatic carbocycles. The highest BCUT2D eigenvalue weighted by molar-refractivity contribution is 6.48. The van der Waals surface area contributed by atoms with E-state index in [1.807, 2.05) is 13.8 Å². The molecule has 0 aliphatic heterocycles. The Morgan fingerprint density at radius 1 is 1.40 bits per heavy atom. The first-order valence-electron chi connectivity index (χ1n) is 4.85. The normalized spacial score (nSPS) is 14.8. The molecular weight excluding hydrogens is 212 g/mol. The zero-order valence-corrected chi connectivity index (χ0v) is 11.3. The quantitative estimate of drug-likeness (QED) is 0.394. The number of rotatable bonds is 6. The van der Waals surface area contributed by atoms with E-state index in [9.17, 15) is 4.79 Å². The predicted octanol–water partition coefficient (Wildman–Crippen LogP) is 1.33. The Bertz CT molecular complexity index is 238. The van der Waals surface area contributed by atoms with Crippen LogP contribution in [-0.4, -0.2) is 34.7 Å². The summed E-state index contributed by atoms with van der Waals surface area (Å²) in [5.41, 5.74) is 0.384. The lowest BCUT2D eigenvalue weighted by atomic mass is 10.3. The minimum absolute atomic E-state index is 0.384. The second kappa shape index (κ2) is 6.04. The number of esters is 1. The summed E-state index contributed by atoms with van der Waals surface area (Å²) in [5, 5.41) is -0.653. The fourth-order valence-electron chi connectivity index (χ4n) is 1.18. The zero-order chi connectivity index (χ0) is 12.1. The van der Waals surface area contributed by atoms with Gasteiger partial charge in [-0.2, -0.15) is 0 Å². The van der Waals surface area contributed by atoms with Crippen LogP contribution in [0.25, 0.3) is 0 Å². The van der Waals surface area contributed by atoms with Gasteiger partial charge in [-0.25, -0.2) is 4.79 Å². The van der Waals surface area contributed by atoms with Crippen LogP contribution in [0.2, 0.25) is 0 Å². The average molecular weight is 232 g/mol. The van der Waals surface area contributed by atoms with Crippen molar-refractivity contribution in [1.82, 2.24) is 0 Å². The molecule has 0 radical (unpaired) electrons. The summed E-state index contributed by atoms with van der Waals surface area (Å²) in [5.74, 6) is -0.397. The molecule has 0 spiro atoms. The van der Waals surface area contributed by atoms with E-state index < -0.39 is 20.5 Å². The molecule has 15 heavy (non-hydrogen) atoms. The van der Waals surface area contributed by atoms with Crippen LogP contribution in [0.15, 0.2) is 12.2 Å². The molecule has 1 atom stereocenters. The second-order valence-corrected chi connectivity index (χ2v) is 6.47. The lowest BCUT2D eigenvalue weighted by Gasteiger charge is -2.32. The smallest absolute Gasteiger partial charge is 0.366 e. The van der Waals surface area contributed by atoms with Gasteiger partial charge in [0.2, 0.25) is 0 Å². The fourth-order valence-corrected chi connectivity index (χ4v) is 2.91. The molecule has 0 saturated carbocycles. The molecule has 4 nitrogen and oxygen atoms in total. The monoisotopic (exact) mass is 232 g/mol. The fraction of sp³-hybridized carbons (Fsp3) is 0.700. The largest absolute Gasteiger partial charge is 0.454 e. The molecule has 0 N–H and O–H groups in total. The zero-order valence-electron chi connectivity index (χ0n) is 10.1. The van der Waals surface area contributed by atoms with Crippen molar-refractivity contribution in [3.8, 4) is 0 Å². The van der Waals surface area contributed by atoms with Crippen LogP contribution in [0.4, 0.5) is 0 Å². The maximum Gasteiger partial charge on any atom is 0.366 e. The summed E-state index contributed by atoms with van der Waals surface area (Å²) in [6.45, 7) is 8.93. The molecule has 0 rings (SSSR count). The molecule has 0 saturated heterocycles. The van der Waals surface area contributed by atoms with Crippen molar-refractivity contribution < 1.29 is 18.4 Å². The Balaban J connectivity index is 4.69. The Labute approximate surface area is 93.1 Å². The van der Waals surface area contributed by atoms with Crippen molar-refractivity contribution in [1.29, 1.82) is 0 Å². The van der Waals surface area contributed by atoms with Crippen molar-refractivity contribution >= 4 is 15.3 Å². The molecule has 0 fully saturated rings. The summed E-state index contributed by atoms with van der Waals surface area (Å²) in [4.78, 5) is 11.4. The van der Waals surface area contributed by atoms with E-state index in [2.05, 4.69) is 6.58 Å². The second-order valence-electron chi connectivity index (χ2n) is 3.64. The van der Waals surface area contributed by atoms with E-state index in [1.165, 1.54) is 0 Å². The lowest BCUT2D eigenvalue weighted by molar-refractivity contribution is -0.148. The first kappa shape index (κ1) is 14.3. The SMILES string of the molecule is C=C(C)C(=O)OC(C)(CC)[SiH](OC)OC. The van der Waals surface area contributed by atoms with Crippen molar-refractivity contribution in [3.05, 3.63) is 12.2 Å². The molecule has 5 heteroatoms. The standard InChI is InChI=1S/C10H20O4Si/c1-7-10(4,15(12-5)13-6)14-9(11)8(2)3/h15H,2,7H2,1,3-6H3. The maximum absolute atomic E-state index is 11.4. The Kier molecular flexibility index (Phi) is 5.78. The van der Waals surface area contributed by atoms with Gasteiger partial charge in [0.15, 0.2) is 0 Å². The predicted molar refractivity (Wildman–Crippen MR) is 60.8 cm³/mol. The van der Waals surface area contributed by atoms with Gasteiger partial charge >= 0.3 is 15.3 Å². The molecule has 0 bridgehead atoms. The van der Waals surface area contributed by atoms with Gasteiger partial charge in [-0.15, -0.1) is 0 Å². The van der Waals surface area contributed by atoms with Crippen molar-refractivity contribution in [2.45, 2.75) is 32.4 Å². The highest BCUT2D eigenvalue weighted by Crippen LogP contribution is 2.21. The van der Waals surface area contributed by atoms with E-state index >= 15 is 0 Å². The highest BCUT2D eigenvalue weighted by Gasteiger charge is 2.40. The number of ether oxygens (including phenoxy) is 1. The van der Waals surface area contributed by atoms with Crippen molar-refractivity contribution in [3.63, 3.8) is 0 Å². The van der Waals surface area contributed by atoms with Gasteiger partial charge in [-0.05, 0) is 20.3 Å². The van der Waals surface area contributed by atoms with E-state index in [-0.39, 0.29) is 0 Å². The third-order valence-electron chi connectivity index (χ3n) is 2.30. The summed E-state index contributed by atoms with van der Waals surface area (Å²) < 4.78 is 15.9. The number of hydrogen-bond donors (Lipinski definition) is 0. The van der Waals surface area contributed by atoms with E-state index in [0.29, 0.717) is 12.0 Å². The number of carbonyl (C=O) groups is 1. The first-order valence-corrected chi connectivity index (χ1v) is 6.37. The van der Waals surface area contributed by atoms with E-state index in [0.717, 1.165) is 0 Å². The minimum atomic E-state index is -2.00. The van der Waals surface area contributed by atoms with Crippen LogP contribution < -0.4 is 0 Å². The summed E-state index contributed by atoms with van der Waals surface area (Å²) in [7, 11) is 1.14. The first-order chi connectivity index (χ1) is 6.91. The van der Waals surface area contributed by atoms with Crippen LogP contribution in [0.5, 0.6) is 0 Å². The van der Waals surface area contributed by atoms with Crippen LogP contribution in [0, 0.1) is 0 Å². The molecule has 0 aliphatic carbocycles. The molecule has 88 valence electrons. The highest BCUT2D eigenvalue weighted by atomic mass is 28.3. The third kappa shape index (κ3) is 3.77. The van der Waals surface area contributed by atoms with Crippen molar-refractivity contribution in [2.75, 3.05) is 14.2 Å². The minimum Gasteiger partial charge on any atom is -0.454 e. The van der Waals surface area contributed by atoms with Gasteiger partial charge in [-0.1, -0.05) is 13.5 Å². The molecule has 0 heterocycles. The average Bonchev–Trinajstić information content (AvgIpc) is 2.19. The maximum atomic E-state index is 11.4. The Morgan fingerprint density at radius 2 is 1.87 bits per heavy atom. The summed E-state index contributed by atoms with van der Waals surface area (Å²) in [6, 6.07) is 0. The molecular formula is C10H20O4Si. The van der Waals surface area contributed by atoms with Gasteiger partial charge in [-0.3, -0.25) is 0 Å².